The number of aromatic nitrogens is 2. The second-order valence-corrected chi connectivity index (χ2v) is 15.5. The van der Waals surface area contributed by atoms with Crippen LogP contribution in [-0.4, -0.2) is 16.0 Å². The van der Waals surface area contributed by atoms with Crippen molar-refractivity contribution in [3.63, 3.8) is 0 Å². The standard InChI is InChI=1S/C52H36N4O2/c1-31-17-27-47(53-29-31)55(43-13-7-11-37-35-9-3-5-15-45(35)57-51(37)43)41-25-21-33-20-24-40-42(26-22-34-19-23-39(41)49(33)50(34)40)56(48-28-18-32(2)30-54-48)44-14-8-12-38-36-10-4-6-16-46(36)58-52(38)44/h3-19,21-30,42H,20H2,1-2H3. The Morgan fingerprint density at radius 3 is 1.88 bits per heavy atom. The van der Waals surface area contributed by atoms with E-state index < -0.39 is 0 Å². The van der Waals surface area contributed by atoms with Crippen molar-refractivity contribution in [2.24, 2.45) is 0 Å². The molecule has 12 rings (SSSR count). The number of anilines is 5. The van der Waals surface area contributed by atoms with Gasteiger partial charge in [0.2, 0.25) is 0 Å². The maximum atomic E-state index is 6.67. The highest BCUT2D eigenvalue weighted by Crippen LogP contribution is 2.50. The van der Waals surface area contributed by atoms with E-state index in [0.29, 0.717) is 0 Å². The van der Waals surface area contributed by atoms with E-state index in [4.69, 9.17) is 18.8 Å². The van der Waals surface area contributed by atoms with Crippen molar-refractivity contribution < 1.29 is 8.83 Å². The summed E-state index contributed by atoms with van der Waals surface area (Å²) < 4.78 is 13.3. The summed E-state index contributed by atoms with van der Waals surface area (Å²) >= 11 is 0. The average molecular weight is 749 g/mol. The molecule has 0 N–H and O–H groups in total. The van der Waals surface area contributed by atoms with Gasteiger partial charge in [0.25, 0.3) is 0 Å². The summed E-state index contributed by atoms with van der Waals surface area (Å²) in [7, 11) is 0. The molecule has 6 aromatic carbocycles. The molecule has 0 radical (unpaired) electrons. The molecular weight excluding hydrogens is 713 g/mol. The Bertz CT molecular complexity index is 3350. The van der Waals surface area contributed by atoms with Crippen molar-refractivity contribution in [1.29, 1.82) is 0 Å². The number of allylic oxidation sites excluding steroid dienone is 1. The van der Waals surface area contributed by atoms with Crippen LogP contribution in [0.3, 0.4) is 0 Å². The number of nitrogens with zero attached hydrogens (tertiary/aromatic N) is 4. The topological polar surface area (TPSA) is 58.5 Å². The number of hydrogen-bond donors (Lipinski definition) is 0. The number of benzene rings is 6. The first kappa shape index (κ1) is 32.8. The lowest BCUT2D eigenvalue weighted by Gasteiger charge is -2.37. The van der Waals surface area contributed by atoms with Gasteiger partial charge in [0.15, 0.2) is 11.2 Å². The van der Waals surface area contributed by atoms with Gasteiger partial charge in [-0.15, -0.1) is 0 Å². The van der Waals surface area contributed by atoms with Crippen LogP contribution in [0.25, 0.3) is 66.3 Å². The molecule has 6 nitrogen and oxygen atoms in total. The van der Waals surface area contributed by atoms with E-state index in [-0.39, 0.29) is 6.04 Å². The fraction of sp³-hybridized carbons (Fsp3) is 0.0769. The van der Waals surface area contributed by atoms with Crippen LogP contribution >= 0.6 is 0 Å². The molecule has 58 heavy (non-hydrogen) atoms. The Morgan fingerprint density at radius 1 is 0.552 bits per heavy atom. The largest absolute Gasteiger partial charge is 0.454 e. The first-order valence-corrected chi connectivity index (χ1v) is 19.8. The van der Waals surface area contributed by atoms with E-state index >= 15 is 0 Å². The molecule has 10 aromatic rings. The number of pyridine rings is 2. The van der Waals surface area contributed by atoms with Crippen LogP contribution in [-0.2, 0) is 6.42 Å². The van der Waals surface area contributed by atoms with Crippen LogP contribution in [0, 0.1) is 13.8 Å². The Labute approximate surface area is 334 Å². The van der Waals surface area contributed by atoms with Crippen LogP contribution < -0.4 is 9.80 Å². The molecule has 0 fully saturated rings. The molecule has 1 unspecified atom stereocenters. The van der Waals surface area contributed by atoms with Crippen molar-refractivity contribution >= 4 is 95.0 Å². The van der Waals surface area contributed by atoms with Gasteiger partial charge in [-0.25, -0.2) is 9.97 Å². The van der Waals surface area contributed by atoms with Crippen LogP contribution in [0.4, 0.5) is 28.7 Å². The second kappa shape index (κ2) is 12.5. The van der Waals surface area contributed by atoms with E-state index in [1.807, 2.05) is 36.7 Å². The summed E-state index contributed by atoms with van der Waals surface area (Å²) in [5, 5.41) is 6.78. The van der Waals surface area contributed by atoms with Crippen LogP contribution in [0.1, 0.15) is 27.8 Å². The van der Waals surface area contributed by atoms with Crippen molar-refractivity contribution in [3.8, 4) is 0 Å². The Morgan fingerprint density at radius 2 is 1.19 bits per heavy atom. The molecule has 4 heterocycles. The number of para-hydroxylation sites is 4. The van der Waals surface area contributed by atoms with Crippen molar-refractivity contribution in [3.05, 3.63) is 186 Å². The maximum Gasteiger partial charge on any atom is 0.159 e. The van der Waals surface area contributed by atoms with E-state index in [1.165, 1.54) is 27.6 Å². The molecule has 2 aliphatic carbocycles. The Hall–Kier alpha value is -7.44. The first-order chi connectivity index (χ1) is 28.6. The lowest BCUT2D eigenvalue weighted by Crippen LogP contribution is -2.33. The second-order valence-electron chi connectivity index (χ2n) is 15.5. The quantitative estimate of drug-likeness (QED) is 0.169. The molecule has 6 heteroatoms. The minimum atomic E-state index is -0.150. The smallest absolute Gasteiger partial charge is 0.159 e. The van der Waals surface area contributed by atoms with Crippen LogP contribution in [0.15, 0.2) is 167 Å². The first-order valence-electron chi connectivity index (χ1n) is 19.8. The van der Waals surface area contributed by atoms with Gasteiger partial charge in [0.1, 0.15) is 22.8 Å². The number of aryl methyl sites for hydroxylation is 2. The van der Waals surface area contributed by atoms with Gasteiger partial charge < -0.3 is 13.7 Å². The SMILES string of the molecule is Cc1ccc(N(c2ccc3c4c5c(ccc24)C=CC(N(c2ccc(C)cn2)c2cccc4c2oc2ccccc24)C5=CC3)c2cccc3c2oc2ccccc23)nc1. The Balaban J connectivity index is 1.07. The van der Waals surface area contributed by atoms with Gasteiger partial charge in [0.05, 0.1) is 23.1 Å². The molecule has 0 spiro atoms. The van der Waals surface area contributed by atoms with Crippen LogP contribution in [0.2, 0.25) is 0 Å². The lowest BCUT2D eigenvalue weighted by atomic mass is 9.78. The highest BCUT2D eigenvalue weighted by Gasteiger charge is 2.34. The molecule has 2 aliphatic rings. The summed E-state index contributed by atoms with van der Waals surface area (Å²) in [5.41, 5.74) is 13.6. The zero-order valence-corrected chi connectivity index (χ0v) is 32.0. The predicted molar refractivity (Wildman–Crippen MR) is 238 cm³/mol. The van der Waals surface area contributed by atoms with Gasteiger partial charge in [-0.2, -0.15) is 0 Å². The molecule has 0 bridgehead atoms. The molecule has 0 saturated heterocycles. The van der Waals surface area contributed by atoms with E-state index in [1.54, 1.807) is 0 Å². The third-order valence-electron chi connectivity index (χ3n) is 11.9. The van der Waals surface area contributed by atoms with Gasteiger partial charge in [0, 0.05) is 39.3 Å². The monoisotopic (exact) mass is 748 g/mol. The zero-order chi connectivity index (χ0) is 38.5. The minimum Gasteiger partial charge on any atom is -0.454 e. The van der Waals surface area contributed by atoms with Crippen LogP contribution in [0.5, 0.6) is 0 Å². The average Bonchev–Trinajstić information content (AvgIpc) is 3.85. The summed E-state index contributed by atoms with van der Waals surface area (Å²) in [6, 6.07) is 46.9. The molecule has 4 aromatic heterocycles. The fourth-order valence-corrected chi connectivity index (χ4v) is 9.27. The van der Waals surface area contributed by atoms with E-state index in [9.17, 15) is 0 Å². The highest BCUT2D eigenvalue weighted by atomic mass is 16.3. The maximum absolute atomic E-state index is 6.67. The number of hydrogen-bond acceptors (Lipinski definition) is 6. The van der Waals surface area contributed by atoms with Gasteiger partial charge in [-0.1, -0.05) is 109 Å². The Kier molecular flexibility index (Phi) is 7.08. The van der Waals surface area contributed by atoms with Gasteiger partial charge >= 0.3 is 0 Å². The molecule has 0 amide bonds. The van der Waals surface area contributed by atoms with Crippen molar-refractivity contribution in [2.45, 2.75) is 26.3 Å². The number of rotatable bonds is 6. The van der Waals surface area contributed by atoms with E-state index in [2.05, 4.69) is 151 Å². The minimum absolute atomic E-state index is 0.150. The summed E-state index contributed by atoms with van der Waals surface area (Å²) in [6.45, 7) is 4.16. The third-order valence-corrected chi connectivity index (χ3v) is 11.9. The summed E-state index contributed by atoms with van der Waals surface area (Å²) in [5.74, 6) is 1.69. The molecule has 1 atom stereocenters. The normalized spacial score (nSPS) is 14.5. The summed E-state index contributed by atoms with van der Waals surface area (Å²) in [6.07, 6.45) is 11.7. The highest BCUT2D eigenvalue weighted by molar-refractivity contribution is 6.15. The van der Waals surface area contributed by atoms with Crippen molar-refractivity contribution in [1.82, 2.24) is 9.97 Å². The summed E-state index contributed by atoms with van der Waals surface area (Å²) in [4.78, 5) is 14.7. The lowest BCUT2D eigenvalue weighted by molar-refractivity contribution is 0.667. The predicted octanol–water partition coefficient (Wildman–Crippen LogP) is 13.7. The number of fused-ring (bicyclic) bond motifs is 6. The molecule has 0 saturated carbocycles. The molecular formula is C52H36N4O2. The molecule has 0 aliphatic heterocycles. The van der Waals surface area contributed by atoms with Crippen molar-refractivity contribution in [2.75, 3.05) is 9.80 Å². The van der Waals surface area contributed by atoms with Gasteiger partial charge in [-0.05, 0) is 102 Å². The third kappa shape index (κ3) is 4.85. The number of furan rings is 2. The molecule has 276 valence electrons. The van der Waals surface area contributed by atoms with Gasteiger partial charge in [-0.3, -0.25) is 4.90 Å². The zero-order valence-electron chi connectivity index (χ0n) is 32.0. The van der Waals surface area contributed by atoms with E-state index in [0.717, 1.165) is 95.5 Å². The fourth-order valence-electron chi connectivity index (χ4n) is 9.27.